The minimum atomic E-state index is -0.624. The van der Waals surface area contributed by atoms with E-state index < -0.39 is 11.2 Å². The van der Waals surface area contributed by atoms with E-state index >= 15 is 0 Å². The predicted octanol–water partition coefficient (Wildman–Crippen LogP) is -0.189. The Hall–Kier alpha value is -2.48. The molecule has 1 aliphatic rings. The minimum Gasteiger partial charge on any atom is -0.338 e. The number of aromatic amines is 2. The van der Waals surface area contributed by atoms with Crippen LogP contribution in [0, 0.1) is 5.41 Å². The molecule has 0 saturated carbocycles. The van der Waals surface area contributed by atoms with Gasteiger partial charge in [-0.2, -0.15) is 0 Å². The summed E-state index contributed by atoms with van der Waals surface area (Å²) in [5.74, 6) is -0.190. The number of nitrogens with one attached hydrogen (secondary N) is 2. The number of hydrogen-bond acceptors (Lipinski definition) is 5. The van der Waals surface area contributed by atoms with Crippen LogP contribution in [0.25, 0.3) is 11.0 Å². The van der Waals surface area contributed by atoms with E-state index in [4.69, 9.17) is 5.73 Å². The van der Waals surface area contributed by atoms with Gasteiger partial charge in [0, 0.05) is 25.3 Å². The van der Waals surface area contributed by atoms with Gasteiger partial charge in [0.1, 0.15) is 5.65 Å². The van der Waals surface area contributed by atoms with Gasteiger partial charge in [0.05, 0.1) is 10.9 Å². The second-order valence-electron chi connectivity index (χ2n) is 6.64. The van der Waals surface area contributed by atoms with Crippen LogP contribution in [0.2, 0.25) is 0 Å². The Morgan fingerprint density at radius 3 is 2.83 bits per heavy atom. The van der Waals surface area contributed by atoms with E-state index in [2.05, 4.69) is 15.0 Å². The van der Waals surface area contributed by atoms with Gasteiger partial charge in [-0.05, 0) is 17.9 Å². The van der Waals surface area contributed by atoms with Gasteiger partial charge >= 0.3 is 5.69 Å². The van der Waals surface area contributed by atoms with Crippen molar-refractivity contribution >= 4 is 16.9 Å². The molecule has 1 unspecified atom stereocenters. The molecule has 8 heteroatoms. The van der Waals surface area contributed by atoms with Crippen LogP contribution in [0.15, 0.2) is 21.9 Å². The van der Waals surface area contributed by atoms with Crippen LogP contribution < -0.4 is 17.0 Å². The molecule has 1 amide bonds. The second kappa shape index (κ2) is 5.31. The van der Waals surface area contributed by atoms with E-state index in [-0.39, 0.29) is 28.4 Å². The van der Waals surface area contributed by atoms with Gasteiger partial charge in [0.15, 0.2) is 0 Å². The number of fused-ring (bicyclic) bond motifs is 1. The third kappa shape index (κ3) is 2.77. The quantitative estimate of drug-likeness (QED) is 0.672. The number of nitrogens with two attached hydrogens (primary N) is 1. The molecular weight excluding hydrogens is 298 g/mol. The van der Waals surface area contributed by atoms with Gasteiger partial charge in [0.25, 0.3) is 11.5 Å². The van der Waals surface area contributed by atoms with Crippen molar-refractivity contribution in [2.45, 2.75) is 26.3 Å². The van der Waals surface area contributed by atoms with Crippen LogP contribution in [0.3, 0.4) is 0 Å². The molecule has 1 saturated heterocycles. The van der Waals surface area contributed by atoms with E-state index in [0.717, 1.165) is 6.42 Å². The zero-order chi connectivity index (χ0) is 16.8. The van der Waals surface area contributed by atoms with Crippen molar-refractivity contribution in [2.24, 2.45) is 11.1 Å². The molecule has 2 aromatic rings. The molecular formula is C15H19N5O3. The number of carbonyl (C=O) groups excluding carboxylic acids is 1. The Balaban J connectivity index is 1.96. The second-order valence-corrected chi connectivity index (χ2v) is 6.64. The molecule has 3 rings (SSSR count). The largest absolute Gasteiger partial charge is 0.338 e. The van der Waals surface area contributed by atoms with Gasteiger partial charge in [-0.3, -0.25) is 19.6 Å². The molecule has 2 aromatic heterocycles. The molecule has 23 heavy (non-hydrogen) atoms. The van der Waals surface area contributed by atoms with Crippen molar-refractivity contribution < 1.29 is 4.79 Å². The molecule has 122 valence electrons. The highest BCUT2D eigenvalue weighted by molar-refractivity contribution is 5.96. The number of H-pyrrole nitrogens is 2. The molecule has 0 aliphatic carbocycles. The summed E-state index contributed by atoms with van der Waals surface area (Å²) in [7, 11) is 0. The Bertz CT molecular complexity index is 883. The van der Waals surface area contributed by atoms with Gasteiger partial charge in [-0.25, -0.2) is 9.78 Å². The maximum absolute atomic E-state index is 12.7. The molecule has 1 fully saturated rings. The highest BCUT2D eigenvalue weighted by Gasteiger charge is 2.35. The molecule has 8 nitrogen and oxygen atoms in total. The third-order valence-corrected chi connectivity index (χ3v) is 4.44. The lowest BCUT2D eigenvalue weighted by molar-refractivity contribution is 0.0533. The maximum Gasteiger partial charge on any atom is 0.327 e. The number of likely N-dealkylation sites (tertiary alicyclic amines) is 1. The Labute approximate surface area is 131 Å². The van der Waals surface area contributed by atoms with Crippen molar-refractivity contribution in [1.82, 2.24) is 19.9 Å². The van der Waals surface area contributed by atoms with Crippen molar-refractivity contribution in [3.8, 4) is 0 Å². The summed E-state index contributed by atoms with van der Waals surface area (Å²) >= 11 is 0. The van der Waals surface area contributed by atoms with Gasteiger partial charge in [-0.1, -0.05) is 13.8 Å². The molecule has 0 radical (unpaired) electrons. The standard InChI is InChI=1S/C15H19N5O3/c1-15(2)7-20(4-3-10(15)16)13(22)8-5-9-11(17-6-8)18-14(23)19-12(9)21/h5-6,10H,3-4,7,16H2,1-2H3,(H2,17,18,19,21,23). The molecule has 0 spiro atoms. The Morgan fingerprint density at radius 2 is 2.13 bits per heavy atom. The third-order valence-electron chi connectivity index (χ3n) is 4.44. The van der Waals surface area contributed by atoms with Crippen molar-refractivity contribution in [2.75, 3.05) is 13.1 Å². The van der Waals surface area contributed by atoms with Crippen molar-refractivity contribution in [3.05, 3.63) is 38.7 Å². The number of amides is 1. The van der Waals surface area contributed by atoms with Crippen LogP contribution >= 0.6 is 0 Å². The van der Waals surface area contributed by atoms with Crippen LogP contribution in [-0.2, 0) is 0 Å². The number of hydrogen-bond donors (Lipinski definition) is 3. The molecule has 1 aliphatic heterocycles. The van der Waals surface area contributed by atoms with Gasteiger partial charge in [-0.15, -0.1) is 0 Å². The predicted molar refractivity (Wildman–Crippen MR) is 85.3 cm³/mol. The molecule has 3 heterocycles. The van der Waals surface area contributed by atoms with E-state index in [9.17, 15) is 14.4 Å². The summed E-state index contributed by atoms with van der Waals surface area (Å²) in [5.41, 5.74) is 5.22. The lowest BCUT2D eigenvalue weighted by atomic mass is 9.79. The van der Waals surface area contributed by atoms with E-state index in [1.807, 2.05) is 13.8 Å². The zero-order valence-corrected chi connectivity index (χ0v) is 13.0. The Kier molecular flexibility index (Phi) is 3.56. The summed E-state index contributed by atoms with van der Waals surface area (Å²) in [4.78, 5) is 46.1. The SMILES string of the molecule is CC1(C)CN(C(=O)c2cnc3[nH]c(=O)[nH]c(=O)c3c2)CCC1N. The van der Waals surface area contributed by atoms with Gasteiger partial charge < -0.3 is 10.6 Å². The number of carbonyl (C=O) groups is 1. The zero-order valence-electron chi connectivity index (χ0n) is 13.0. The number of nitrogens with zero attached hydrogens (tertiary/aromatic N) is 2. The summed E-state index contributed by atoms with van der Waals surface area (Å²) in [6, 6.07) is 1.51. The van der Waals surface area contributed by atoms with Crippen LogP contribution in [0.1, 0.15) is 30.6 Å². The topological polar surface area (TPSA) is 125 Å². The lowest BCUT2D eigenvalue weighted by Gasteiger charge is -2.42. The van der Waals surface area contributed by atoms with Gasteiger partial charge in [0.2, 0.25) is 0 Å². The fraction of sp³-hybridized carbons (Fsp3) is 0.467. The highest BCUT2D eigenvalue weighted by Crippen LogP contribution is 2.28. The molecule has 1 atom stereocenters. The number of pyridine rings is 1. The fourth-order valence-electron chi connectivity index (χ4n) is 2.89. The summed E-state index contributed by atoms with van der Waals surface area (Å²) in [6.45, 7) is 5.19. The van der Waals surface area contributed by atoms with Crippen molar-refractivity contribution in [3.63, 3.8) is 0 Å². The summed E-state index contributed by atoms with van der Waals surface area (Å²) < 4.78 is 0. The van der Waals surface area contributed by atoms with E-state index in [1.54, 1.807) is 4.90 Å². The first-order valence-electron chi connectivity index (χ1n) is 7.45. The molecule has 0 aromatic carbocycles. The first kappa shape index (κ1) is 15.4. The van der Waals surface area contributed by atoms with E-state index in [0.29, 0.717) is 18.7 Å². The lowest BCUT2D eigenvalue weighted by Crippen LogP contribution is -2.54. The summed E-state index contributed by atoms with van der Waals surface area (Å²) in [5, 5.41) is 0.184. The average molecular weight is 317 g/mol. The maximum atomic E-state index is 12.7. The monoisotopic (exact) mass is 317 g/mol. The highest BCUT2D eigenvalue weighted by atomic mass is 16.2. The van der Waals surface area contributed by atoms with Crippen LogP contribution in [0.4, 0.5) is 0 Å². The first-order chi connectivity index (χ1) is 10.8. The van der Waals surface area contributed by atoms with Crippen LogP contribution in [-0.4, -0.2) is 44.9 Å². The Morgan fingerprint density at radius 1 is 1.39 bits per heavy atom. The summed E-state index contributed by atoms with van der Waals surface area (Å²) in [6.07, 6.45) is 2.11. The smallest absolute Gasteiger partial charge is 0.327 e. The van der Waals surface area contributed by atoms with Crippen LogP contribution in [0.5, 0.6) is 0 Å². The first-order valence-corrected chi connectivity index (χ1v) is 7.45. The van der Waals surface area contributed by atoms with Crippen molar-refractivity contribution in [1.29, 1.82) is 0 Å². The normalized spacial score (nSPS) is 20.7. The molecule has 0 bridgehead atoms. The average Bonchev–Trinajstić information content (AvgIpc) is 2.49. The van der Waals surface area contributed by atoms with E-state index in [1.165, 1.54) is 12.3 Å². The number of piperidine rings is 1. The minimum absolute atomic E-state index is 0.0502. The fourth-order valence-corrected chi connectivity index (χ4v) is 2.89. The molecule has 4 N–H and O–H groups in total. The number of aromatic nitrogens is 3. The number of rotatable bonds is 1.